The average Bonchev–Trinajstić information content (AvgIpc) is 3.64. The lowest BCUT2D eigenvalue weighted by Crippen LogP contribution is -2.38. The van der Waals surface area contributed by atoms with Crippen molar-refractivity contribution in [2.75, 3.05) is 12.4 Å². The van der Waals surface area contributed by atoms with Crippen LogP contribution in [0.5, 0.6) is 0 Å². The van der Waals surface area contributed by atoms with Crippen LogP contribution in [-0.2, 0) is 10.4 Å². The van der Waals surface area contributed by atoms with E-state index in [2.05, 4.69) is 57.1 Å². The lowest BCUT2D eigenvalue weighted by Gasteiger charge is -2.36. The van der Waals surface area contributed by atoms with Crippen LogP contribution >= 0.6 is 11.3 Å². The molecule has 0 bridgehead atoms. The number of rotatable bonds is 8. The largest absolute Gasteiger partial charge is 0.398 e. The van der Waals surface area contributed by atoms with Crippen molar-refractivity contribution in [1.29, 1.82) is 0 Å². The Balaban J connectivity index is 1.62. The number of nitrogens with one attached hydrogen (secondary N) is 1. The highest BCUT2D eigenvalue weighted by molar-refractivity contribution is 7.14. The van der Waals surface area contributed by atoms with Gasteiger partial charge in [0, 0.05) is 5.38 Å². The SMILES string of the molecule is CON=C(C(=O)n1cnnc1)c1csc(NC(c2ccccc2)(c2ccccc2)c2ccccc2)n1. The maximum Gasteiger partial charge on any atom is 0.288 e. The third-order valence-electron chi connectivity index (χ3n) is 5.70. The highest BCUT2D eigenvalue weighted by atomic mass is 32.1. The number of nitrogens with zero attached hydrogens (tertiary/aromatic N) is 5. The van der Waals surface area contributed by atoms with Gasteiger partial charge in [-0.15, -0.1) is 21.5 Å². The van der Waals surface area contributed by atoms with E-state index in [4.69, 9.17) is 9.82 Å². The van der Waals surface area contributed by atoms with E-state index < -0.39 is 11.4 Å². The third kappa shape index (κ3) is 4.39. The van der Waals surface area contributed by atoms with E-state index in [1.807, 2.05) is 54.6 Å². The molecule has 178 valence electrons. The van der Waals surface area contributed by atoms with Crippen LogP contribution < -0.4 is 5.32 Å². The molecule has 0 unspecified atom stereocenters. The van der Waals surface area contributed by atoms with Gasteiger partial charge in [0.05, 0.1) is 0 Å². The first-order chi connectivity index (χ1) is 17.7. The number of carbonyl (C=O) groups is 1. The number of aromatic nitrogens is 4. The van der Waals surface area contributed by atoms with Crippen LogP contribution in [0.4, 0.5) is 5.13 Å². The zero-order chi connectivity index (χ0) is 24.8. The van der Waals surface area contributed by atoms with Crippen molar-refractivity contribution >= 4 is 28.1 Å². The Labute approximate surface area is 211 Å². The second-order valence-electron chi connectivity index (χ2n) is 7.81. The molecule has 5 aromatic rings. The summed E-state index contributed by atoms with van der Waals surface area (Å²) in [7, 11) is 1.39. The zero-order valence-electron chi connectivity index (χ0n) is 19.4. The Morgan fingerprint density at radius 2 is 1.36 bits per heavy atom. The lowest BCUT2D eigenvalue weighted by atomic mass is 9.77. The topological polar surface area (TPSA) is 94.3 Å². The van der Waals surface area contributed by atoms with Crippen molar-refractivity contribution in [3.05, 3.63) is 131 Å². The predicted octanol–water partition coefficient (Wildman–Crippen LogP) is 4.83. The van der Waals surface area contributed by atoms with Gasteiger partial charge in [0.25, 0.3) is 5.91 Å². The summed E-state index contributed by atoms with van der Waals surface area (Å²) < 4.78 is 1.23. The first-order valence-corrected chi connectivity index (χ1v) is 12.0. The highest BCUT2D eigenvalue weighted by Gasteiger charge is 2.37. The fourth-order valence-electron chi connectivity index (χ4n) is 4.10. The van der Waals surface area contributed by atoms with E-state index >= 15 is 0 Å². The number of hydrogen-bond acceptors (Lipinski definition) is 8. The van der Waals surface area contributed by atoms with E-state index in [9.17, 15) is 4.79 Å². The molecule has 2 aromatic heterocycles. The van der Waals surface area contributed by atoms with E-state index in [0.717, 1.165) is 16.7 Å². The molecule has 0 amide bonds. The monoisotopic (exact) mass is 494 g/mol. The van der Waals surface area contributed by atoms with Gasteiger partial charge in [0.15, 0.2) is 10.8 Å². The molecule has 0 fully saturated rings. The lowest BCUT2D eigenvalue weighted by molar-refractivity contribution is 0.0982. The summed E-state index contributed by atoms with van der Waals surface area (Å²) in [5.41, 5.74) is 2.83. The van der Waals surface area contributed by atoms with E-state index in [1.54, 1.807) is 5.38 Å². The maximum atomic E-state index is 13.0. The fraction of sp³-hybridized carbons (Fsp3) is 0.0741. The fourth-order valence-corrected chi connectivity index (χ4v) is 4.85. The molecule has 8 nitrogen and oxygen atoms in total. The Hall–Kier alpha value is -4.63. The minimum atomic E-state index is -0.740. The summed E-state index contributed by atoms with van der Waals surface area (Å²) in [6.45, 7) is 0. The molecule has 0 aliphatic heterocycles. The van der Waals surface area contributed by atoms with E-state index in [-0.39, 0.29) is 5.71 Å². The van der Waals surface area contributed by atoms with Crippen molar-refractivity contribution in [2.24, 2.45) is 5.16 Å². The summed E-state index contributed by atoms with van der Waals surface area (Å²) in [6.07, 6.45) is 2.62. The Morgan fingerprint density at radius 1 is 0.861 bits per heavy atom. The van der Waals surface area contributed by atoms with Crippen molar-refractivity contribution < 1.29 is 9.63 Å². The van der Waals surface area contributed by atoms with Gasteiger partial charge < -0.3 is 10.2 Å². The van der Waals surface area contributed by atoms with Gasteiger partial charge in [0.2, 0.25) is 0 Å². The summed E-state index contributed by atoms with van der Waals surface area (Å²) in [6, 6.07) is 30.7. The van der Waals surface area contributed by atoms with Crippen molar-refractivity contribution in [3.8, 4) is 0 Å². The van der Waals surface area contributed by atoms with Crippen molar-refractivity contribution in [3.63, 3.8) is 0 Å². The van der Waals surface area contributed by atoms with Crippen molar-refractivity contribution in [1.82, 2.24) is 19.7 Å². The molecule has 0 radical (unpaired) electrons. The Kier molecular flexibility index (Phi) is 6.63. The molecule has 0 spiro atoms. The number of thiazole rings is 1. The van der Waals surface area contributed by atoms with Gasteiger partial charge >= 0.3 is 0 Å². The minimum Gasteiger partial charge on any atom is -0.398 e. The third-order valence-corrected chi connectivity index (χ3v) is 6.46. The quantitative estimate of drug-likeness (QED) is 0.189. The number of oxime groups is 1. The summed E-state index contributed by atoms with van der Waals surface area (Å²) in [5.74, 6) is -0.445. The zero-order valence-corrected chi connectivity index (χ0v) is 20.2. The standard InChI is InChI=1S/C27H22N6O2S/c1-35-32-24(25(34)33-18-28-29-19-33)23-17-36-26(30-23)31-27(20-11-5-2-6-12-20,21-13-7-3-8-14-21)22-15-9-4-10-16-22/h2-19H,1H3,(H,30,31). The van der Waals surface area contributed by atoms with Gasteiger partial charge in [-0.3, -0.25) is 9.36 Å². The molecule has 36 heavy (non-hydrogen) atoms. The molecule has 5 rings (SSSR count). The van der Waals surface area contributed by atoms with E-state index in [1.165, 1.54) is 35.7 Å². The van der Waals surface area contributed by atoms with Gasteiger partial charge in [-0.05, 0) is 16.7 Å². The second kappa shape index (κ2) is 10.3. The molecule has 0 aliphatic rings. The van der Waals surface area contributed by atoms with Gasteiger partial charge in [0.1, 0.15) is 31.0 Å². The van der Waals surface area contributed by atoms with Crippen LogP contribution in [-0.4, -0.2) is 38.5 Å². The summed E-state index contributed by atoms with van der Waals surface area (Å²) >= 11 is 1.38. The van der Waals surface area contributed by atoms with Crippen molar-refractivity contribution in [2.45, 2.75) is 5.54 Å². The molecule has 3 aromatic carbocycles. The molecular weight excluding hydrogens is 472 g/mol. The van der Waals surface area contributed by atoms with Crippen LogP contribution in [0.25, 0.3) is 0 Å². The highest BCUT2D eigenvalue weighted by Crippen LogP contribution is 2.40. The minimum absolute atomic E-state index is 0.0475. The molecule has 0 aliphatic carbocycles. The molecule has 1 N–H and O–H groups in total. The number of anilines is 1. The number of hydrogen-bond donors (Lipinski definition) is 1. The van der Waals surface area contributed by atoms with E-state index in [0.29, 0.717) is 10.8 Å². The summed E-state index contributed by atoms with van der Waals surface area (Å²) in [4.78, 5) is 22.7. The average molecular weight is 495 g/mol. The number of carbonyl (C=O) groups excluding carboxylic acids is 1. The molecule has 2 heterocycles. The van der Waals surface area contributed by atoms with Crippen LogP contribution in [0, 0.1) is 0 Å². The van der Waals surface area contributed by atoms with Gasteiger partial charge in [-0.25, -0.2) is 4.98 Å². The van der Waals surface area contributed by atoms with Crippen LogP contribution in [0.15, 0.2) is 114 Å². The normalized spacial score (nSPS) is 11.8. The first kappa shape index (κ1) is 23.1. The van der Waals surface area contributed by atoms with Crippen LogP contribution in [0.2, 0.25) is 0 Å². The molecule has 9 heteroatoms. The summed E-state index contributed by atoms with van der Waals surface area (Å²) in [5, 5.41) is 17.4. The van der Waals surface area contributed by atoms with Crippen LogP contribution in [0.3, 0.4) is 0 Å². The Morgan fingerprint density at radius 3 is 1.83 bits per heavy atom. The second-order valence-corrected chi connectivity index (χ2v) is 8.67. The Bertz CT molecular complexity index is 1360. The molecule has 0 atom stereocenters. The molecular formula is C27H22N6O2S. The predicted molar refractivity (Wildman–Crippen MR) is 139 cm³/mol. The first-order valence-electron chi connectivity index (χ1n) is 11.1. The molecule has 0 saturated heterocycles. The van der Waals surface area contributed by atoms with Gasteiger partial charge in [-0.2, -0.15) is 0 Å². The molecule has 0 saturated carbocycles. The maximum absolute atomic E-state index is 13.0. The van der Waals surface area contributed by atoms with Crippen LogP contribution in [0.1, 0.15) is 27.2 Å². The number of benzene rings is 3. The smallest absolute Gasteiger partial charge is 0.288 e. The van der Waals surface area contributed by atoms with Gasteiger partial charge in [-0.1, -0.05) is 96.2 Å².